The molecule has 2 rings (SSSR count). The zero-order valence-corrected chi connectivity index (χ0v) is 10.2. The van der Waals surface area contributed by atoms with Crippen LogP contribution in [0.3, 0.4) is 0 Å². The molecular formula is C11H12FN5O2. The molecule has 0 fully saturated rings. The van der Waals surface area contributed by atoms with Gasteiger partial charge in [0.25, 0.3) is 5.69 Å². The fourth-order valence-corrected chi connectivity index (χ4v) is 1.65. The summed E-state index contributed by atoms with van der Waals surface area (Å²) in [4.78, 5) is 10.2. The van der Waals surface area contributed by atoms with E-state index in [1.165, 1.54) is 12.1 Å². The van der Waals surface area contributed by atoms with Crippen LogP contribution in [0.1, 0.15) is 5.82 Å². The molecule has 8 heteroatoms. The SMILES string of the molecule is Cn1cnnc1CCNc1ccc(F)cc1[N+](=O)[O-]. The Kier molecular flexibility index (Phi) is 3.69. The molecule has 0 saturated heterocycles. The Morgan fingerprint density at radius 3 is 2.95 bits per heavy atom. The number of hydrogen-bond acceptors (Lipinski definition) is 5. The first-order chi connectivity index (χ1) is 9.08. The Hall–Kier alpha value is -2.51. The Balaban J connectivity index is 2.03. The summed E-state index contributed by atoms with van der Waals surface area (Å²) in [6.45, 7) is 0.443. The standard InChI is InChI=1S/C11H12FN5O2/c1-16-7-14-15-11(16)4-5-13-9-3-2-8(12)6-10(9)17(18)19/h2-3,6-7,13H,4-5H2,1H3. The van der Waals surface area contributed by atoms with Gasteiger partial charge in [0.05, 0.1) is 11.0 Å². The van der Waals surface area contributed by atoms with Crippen molar-refractivity contribution in [3.63, 3.8) is 0 Å². The minimum Gasteiger partial charge on any atom is -0.379 e. The smallest absolute Gasteiger partial charge is 0.295 e. The first kappa shape index (κ1) is 12.9. The van der Waals surface area contributed by atoms with E-state index in [0.29, 0.717) is 13.0 Å². The molecule has 0 saturated carbocycles. The first-order valence-corrected chi connectivity index (χ1v) is 5.58. The Morgan fingerprint density at radius 2 is 2.32 bits per heavy atom. The molecule has 0 aliphatic heterocycles. The number of nitro groups is 1. The summed E-state index contributed by atoms with van der Waals surface area (Å²) in [5.74, 6) is 0.128. The normalized spacial score (nSPS) is 10.4. The predicted molar refractivity (Wildman–Crippen MR) is 66.3 cm³/mol. The molecule has 1 aromatic carbocycles. The average Bonchev–Trinajstić information content (AvgIpc) is 2.77. The average molecular weight is 265 g/mol. The van der Waals surface area contributed by atoms with Crippen LogP contribution in [0.25, 0.3) is 0 Å². The van der Waals surface area contributed by atoms with E-state index in [1.807, 2.05) is 7.05 Å². The Morgan fingerprint density at radius 1 is 1.53 bits per heavy atom. The van der Waals surface area contributed by atoms with Gasteiger partial charge in [-0.15, -0.1) is 10.2 Å². The van der Waals surface area contributed by atoms with Gasteiger partial charge in [-0.3, -0.25) is 10.1 Å². The van der Waals surface area contributed by atoms with Gasteiger partial charge in [-0.1, -0.05) is 0 Å². The van der Waals surface area contributed by atoms with E-state index in [-0.39, 0.29) is 11.4 Å². The molecule has 0 atom stereocenters. The predicted octanol–water partition coefficient (Wildman–Crippen LogP) is 1.52. The lowest BCUT2D eigenvalue weighted by atomic mass is 10.2. The van der Waals surface area contributed by atoms with Crippen LogP contribution >= 0.6 is 0 Å². The molecule has 7 nitrogen and oxygen atoms in total. The second-order valence-corrected chi connectivity index (χ2v) is 3.95. The van der Waals surface area contributed by atoms with Crippen molar-refractivity contribution in [1.29, 1.82) is 0 Å². The molecule has 0 aliphatic carbocycles. The van der Waals surface area contributed by atoms with Crippen LogP contribution in [-0.4, -0.2) is 26.2 Å². The number of anilines is 1. The zero-order valence-electron chi connectivity index (χ0n) is 10.2. The summed E-state index contributed by atoms with van der Waals surface area (Å²) < 4.78 is 14.7. The third-order valence-corrected chi connectivity index (χ3v) is 2.63. The van der Waals surface area contributed by atoms with Crippen molar-refractivity contribution >= 4 is 11.4 Å². The van der Waals surface area contributed by atoms with Gasteiger partial charge in [-0.05, 0) is 12.1 Å². The molecular weight excluding hydrogens is 253 g/mol. The monoisotopic (exact) mass is 265 g/mol. The molecule has 2 aromatic rings. The van der Waals surface area contributed by atoms with Gasteiger partial charge in [0.1, 0.15) is 23.7 Å². The molecule has 0 spiro atoms. The number of nitrogens with one attached hydrogen (secondary N) is 1. The van der Waals surface area contributed by atoms with E-state index in [2.05, 4.69) is 15.5 Å². The molecule has 100 valence electrons. The van der Waals surface area contributed by atoms with Gasteiger partial charge in [-0.2, -0.15) is 0 Å². The van der Waals surface area contributed by atoms with Crippen molar-refractivity contribution in [2.45, 2.75) is 6.42 Å². The van der Waals surface area contributed by atoms with Crippen molar-refractivity contribution in [3.8, 4) is 0 Å². The van der Waals surface area contributed by atoms with E-state index in [9.17, 15) is 14.5 Å². The lowest BCUT2D eigenvalue weighted by molar-refractivity contribution is -0.384. The van der Waals surface area contributed by atoms with Crippen LogP contribution in [-0.2, 0) is 13.5 Å². The number of nitro benzene ring substituents is 1. The van der Waals surface area contributed by atoms with Gasteiger partial charge in [0.15, 0.2) is 0 Å². The van der Waals surface area contributed by atoms with E-state index >= 15 is 0 Å². The third kappa shape index (κ3) is 3.03. The van der Waals surface area contributed by atoms with Crippen LogP contribution in [0.5, 0.6) is 0 Å². The summed E-state index contributed by atoms with van der Waals surface area (Å²) in [7, 11) is 1.82. The maximum atomic E-state index is 13.0. The number of nitrogens with zero attached hydrogens (tertiary/aromatic N) is 4. The van der Waals surface area contributed by atoms with E-state index in [4.69, 9.17) is 0 Å². The van der Waals surface area contributed by atoms with E-state index < -0.39 is 10.7 Å². The number of aryl methyl sites for hydroxylation is 1. The largest absolute Gasteiger partial charge is 0.379 e. The first-order valence-electron chi connectivity index (χ1n) is 5.58. The Bertz CT molecular complexity index is 599. The molecule has 0 amide bonds. The molecule has 1 heterocycles. The van der Waals surface area contributed by atoms with Crippen molar-refractivity contribution in [2.75, 3.05) is 11.9 Å². The Labute approximate surface area is 108 Å². The molecule has 0 aliphatic rings. The number of aromatic nitrogens is 3. The summed E-state index contributed by atoms with van der Waals surface area (Å²) in [5, 5.41) is 21.3. The van der Waals surface area contributed by atoms with Crippen LogP contribution in [0.4, 0.5) is 15.8 Å². The fraction of sp³-hybridized carbons (Fsp3) is 0.273. The minimum absolute atomic E-state index is 0.280. The van der Waals surface area contributed by atoms with Crippen LogP contribution < -0.4 is 5.32 Å². The van der Waals surface area contributed by atoms with Crippen molar-refractivity contribution in [3.05, 3.63) is 46.3 Å². The third-order valence-electron chi connectivity index (χ3n) is 2.63. The van der Waals surface area contributed by atoms with Gasteiger partial charge < -0.3 is 9.88 Å². The number of halogens is 1. The van der Waals surface area contributed by atoms with E-state index in [0.717, 1.165) is 11.9 Å². The minimum atomic E-state index is -0.634. The number of hydrogen-bond donors (Lipinski definition) is 1. The number of rotatable bonds is 5. The molecule has 0 unspecified atom stereocenters. The quantitative estimate of drug-likeness (QED) is 0.654. The number of benzene rings is 1. The lowest BCUT2D eigenvalue weighted by Gasteiger charge is -2.06. The summed E-state index contributed by atoms with van der Waals surface area (Å²) in [6.07, 6.45) is 2.14. The van der Waals surface area contributed by atoms with Gasteiger partial charge in [0, 0.05) is 20.0 Å². The molecule has 1 N–H and O–H groups in total. The second kappa shape index (κ2) is 5.42. The van der Waals surface area contributed by atoms with Gasteiger partial charge >= 0.3 is 0 Å². The van der Waals surface area contributed by atoms with Crippen molar-refractivity contribution in [1.82, 2.24) is 14.8 Å². The zero-order chi connectivity index (χ0) is 13.8. The molecule has 1 aromatic heterocycles. The van der Waals surface area contributed by atoms with Crippen molar-refractivity contribution < 1.29 is 9.31 Å². The molecule has 0 radical (unpaired) electrons. The highest BCUT2D eigenvalue weighted by molar-refractivity contribution is 5.61. The summed E-state index contributed by atoms with van der Waals surface area (Å²) >= 11 is 0. The topological polar surface area (TPSA) is 85.9 Å². The highest BCUT2D eigenvalue weighted by Gasteiger charge is 2.14. The highest BCUT2D eigenvalue weighted by Crippen LogP contribution is 2.24. The van der Waals surface area contributed by atoms with E-state index in [1.54, 1.807) is 10.9 Å². The fourth-order valence-electron chi connectivity index (χ4n) is 1.65. The van der Waals surface area contributed by atoms with Crippen LogP contribution in [0.15, 0.2) is 24.5 Å². The van der Waals surface area contributed by atoms with Gasteiger partial charge in [0.2, 0.25) is 0 Å². The maximum Gasteiger partial charge on any atom is 0.295 e. The second-order valence-electron chi connectivity index (χ2n) is 3.95. The van der Waals surface area contributed by atoms with Gasteiger partial charge in [-0.25, -0.2) is 4.39 Å². The lowest BCUT2D eigenvalue weighted by Crippen LogP contribution is -2.10. The van der Waals surface area contributed by atoms with Crippen LogP contribution in [0, 0.1) is 15.9 Å². The molecule has 0 bridgehead atoms. The summed E-state index contributed by atoms with van der Waals surface area (Å²) in [6, 6.07) is 3.42. The maximum absolute atomic E-state index is 13.0. The highest BCUT2D eigenvalue weighted by atomic mass is 19.1. The van der Waals surface area contributed by atoms with Crippen LogP contribution in [0.2, 0.25) is 0 Å². The van der Waals surface area contributed by atoms with Crippen molar-refractivity contribution in [2.24, 2.45) is 7.05 Å². The molecule has 19 heavy (non-hydrogen) atoms. The summed E-state index contributed by atoms with van der Waals surface area (Å²) in [5.41, 5.74) is 0.00605.